The normalized spacial score (nSPS) is 15.5. The van der Waals surface area contributed by atoms with Crippen molar-refractivity contribution in [2.45, 2.75) is 19.1 Å². The van der Waals surface area contributed by atoms with Crippen LogP contribution in [0.25, 0.3) is 21.0 Å². The van der Waals surface area contributed by atoms with Gasteiger partial charge in [0.25, 0.3) is 5.91 Å². The van der Waals surface area contributed by atoms with E-state index >= 15 is 0 Å². The number of para-hydroxylation sites is 2. The van der Waals surface area contributed by atoms with Crippen LogP contribution in [0, 0.1) is 0 Å². The minimum absolute atomic E-state index is 0.135. The number of aromatic nitrogens is 1. The molecule has 0 saturated carbocycles. The molecule has 0 aliphatic carbocycles. The van der Waals surface area contributed by atoms with Gasteiger partial charge in [-0.25, -0.2) is 4.98 Å². The van der Waals surface area contributed by atoms with Crippen LogP contribution >= 0.6 is 11.3 Å². The average molecular weight is 376 g/mol. The lowest BCUT2D eigenvalue weighted by atomic mass is 10.1. The number of carbonyl (C=O) groups excluding carboxylic acids is 1. The van der Waals surface area contributed by atoms with Gasteiger partial charge in [0.2, 0.25) is 0 Å². The zero-order valence-electron chi connectivity index (χ0n) is 14.3. The summed E-state index contributed by atoms with van der Waals surface area (Å²) in [5, 5.41) is 3.73. The van der Waals surface area contributed by atoms with Gasteiger partial charge >= 0.3 is 0 Å². The molecule has 5 rings (SSSR count). The Balaban J connectivity index is 1.24. The van der Waals surface area contributed by atoms with Crippen molar-refractivity contribution in [3.63, 3.8) is 0 Å². The molecular formula is C21H16N2O3S. The molecule has 3 heterocycles. The fourth-order valence-corrected chi connectivity index (χ4v) is 4.11. The van der Waals surface area contributed by atoms with Gasteiger partial charge < -0.3 is 14.5 Å². The summed E-state index contributed by atoms with van der Waals surface area (Å²) in [6.45, 7) is 0.319. The number of benzene rings is 2. The maximum atomic E-state index is 12.4. The zero-order chi connectivity index (χ0) is 18.2. The molecule has 6 heteroatoms. The first-order valence-electron chi connectivity index (χ1n) is 8.73. The highest BCUT2D eigenvalue weighted by molar-refractivity contribution is 7.21. The Morgan fingerprint density at radius 1 is 1.11 bits per heavy atom. The molecule has 2 aromatic heterocycles. The summed E-state index contributed by atoms with van der Waals surface area (Å²) in [7, 11) is 0. The van der Waals surface area contributed by atoms with Crippen LogP contribution in [0.5, 0.6) is 5.75 Å². The van der Waals surface area contributed by atoms with Gasteiger partial charge in [0, 0.05) is 6.42 Å². The van der Waals surface area contributed by atoms with E-state index in [4.69, 9.17) is 9.15 Å². The van der Waals surface area contributed by atoms with E-state index in [1.807, 2.05) is 60.7 Å². The van der Waals surface area contributed by atoms with Gasteiger partial charge in [-0.1, -0.05) is 30.3 Å². The first-order chi connectivity index (χ1) is 13.3. The van der Waals surface area contributed by atoms with Crippen molar-refractivity contribution in [2.75, 3.05) is 0 Å². The molecule has 1 N–H and O–H groups in total. The molecule has 1 atom stereocenters. The Morgan fingerprint density at radius 2 is 1.96 bits per heavy atom. The summed E-state index contributed by atoms with van der Waals surface area (Å²) < 4.78 is 12.7. The van der Waals surface area contributed by atoms with E-state index in [1.54, 1.807) is 11.3 Å². The summed E-state index contributed by atoms with van der Waals surface area (Å²) in [6, 6.07) is 19.5. The van der Waals surface area contributed by atoms with Gasteiger partial charge in [0.05, 0.1) is 16.8 Å². The molecule has 1 aliphatic rings. The number of amides is 1. The fraction of sp³-hybridized carbons (Fsp3) is 0.143. The maximum absolute atomic E-state index is 12.4. The highest BCUT2D eigenvalue weighted by atomic mass is 32.1. The Hall–Kier alpha value is -3.12. The lowest BCUT2D eigenvalue weighted by molar-refractivity contribution is -0.127. The lowest BCUT2D eigenvalue weighted by Gasteiger charge is -2.10. The topological polar surface area (TPSA) is 64.4 Å². The zero-order valence-corrected chi connectivity index (χ0v) is 15.2. The van der Waals surface area contributed by atoms with Crippen LogP contribution in [0.4, 0.5) is 0 Å². The van der Waals surface area contributed by atoms with Crippen molar-refractivity contribution in [3.8, 4) is 16.5 Å². The number of nitrogens with zero attached hydrogens (tertiary/aromatic N) is 1. The van der Waals surface area contributed by atoms with Crippen molar-refractivity contribution in [2.24, 2.45) is 0 Å². The second kappa shape index (κ2) is 6.55. The quantitative estimate of drug-likeness (QED) is 0.580. The second-order valence-corrected chi connectivity index (χ2v) is 7.42. The van der Waals surface area contributed by atoms with Gasteiger partial charge in [-0.3, -0.25) is 4.79 Å². The number of hydrogen-bond donors (Lipinski definition) is 1. The third-order valence-electron chi connectivity index (χ3n) is 4.54. The number of ether oxygens (including phenoxy) is 1. The Morgan fingerprint density at radius 3 is 2.85 bits per heavy atom. The number of thiazole rings is 1. The first-order valence-corrected chi connectivity index (χ1v) is 9.55. The van der Waals surface area contributed by atoms with Crippen LogP contribution in [-0.2, 0) is 17.8 Å². The number of hydrogen-bond acceptors (Lipinski definition) is 5. The van der Waals surface area contributed by atoms with E-state index < -0.39 is 6.10 Å². The third-order valence-corrected chi connectivity index (χ3v) is 5.59. The largest absolute Gasteiger partial charge is 0.480 e. The first kappa shape index (κ1) is 16.1. The molecule has 0 bridgehead atoms. The van der Waals surface area contributed by atoms with E-state index in [1.165, 1.54) is 0 Å². The summed E-state index contributed by atoms with van der Waals surface area (Å²) in [5.41, 5.74) is 2.02. The van der Waals surface area contributed by atoms with Crippen molar-refractivity contribution >= 4 is 27.5 Å². The summed E-state index contributed by atoms with van der Waals surface area (Å²) in [5.74, 6) is 2.05. The molecule has 1 aliphatic heterocycles. The van der Waals surface area contributed by atoms with Gasteiger partial charge in [0.1, 0.15) is 11.5 Å². The number of fused-ring (bicyclic) bond motifs is 2. The molecule has 1 unspecified atom stereocenters. The van der Waals surface area contributed by atoms with Crippen LogP contribution in [0.15, 0.2) is 65.1 Å². The minimum Gasteiger partial charge on any atom is -0.480 e. The monoisotopic (exact) mass is 376 g/mol. The highest BCUT2D eigenvalue weighted by Gasteiger charge is 2.28. The van der Waals surface area contributed by atoms with Gasteiger partial charge in [-0.2, -0.15) is 0 Å². The molecule has 2 aromatic carbocycles. The van der Waals surface area contributed by atoms with Crippen molar-refractivity contribution in [1.82, 2.24) is 10.3 Å². The SMILES string of the molecule is O=C(NCc1ccc(-c2nc3ccccc3s2)o1)C1Cc2ccccc2O1. The average Bonchev–Trinajstić information content (AvgIpc) is 3.42. The Bertz CT molecular complexity index is 1070. The van der Waals surface area contributed by atoms with Crippen LogP contribution in [0.3, 0.4) is 0 Å². The number of rotatable bonds is 4. The van der Waals surface area contributed by atoms with Crippen LogP contribution in [-0.4, -0.2) is 17.0 Å². The second-order valence-electron chi connectivity index (χ2n) is 6.39. The highest BCUT2D eigenvalue weighted by Crippen LogP contribution is 2.31. The molecule has 0 radical (unpaired) electrons. The smallest absolute Gasteiger partial charge is 0.261 e. The minimum atomic E-state index is -0.485. The van der Waals surface area contributed by atoms with E-state index in [0.717, 1.165) is 26.5 Å². The van der Waals surface area contributed by atoms with Crippen molar-refractivity contribution in [3.05, 3.63) is 72.0 Å². The van der Waals surface area contributed by atoms with E-state index in [-0.39, 0.29) is 5.91 Å². The molecule has 1 amide bonds. The number of nitrogens with one attached hydrogen (secondary N) is 1. The fourth-order valence-electron chi connectivity index (χ4n) is 3.18. The Labute approximate surface area is 159 Å². The maximum Gasteiger partial charge on any atom is 0.261 e. The van der Waals surface area contributed by atoms with E-state index in [9.17, 15) is 4.79 Å². The van der Waals surface area contributed by atoms with Crippen molar-refractivity contribution in [1.29, 1.82) is 0 Å². The molecule has 134 valence electrons. The Kier molecular flexibility index (Phi) is 3.90. The molecule has 4 aromatic rings. The van der Waals surface area contributed by atoms with E-state index in [0.29, 0.717) is 24.5 Å². The predicted molar refractivity (Wildman–Crippen MR) is 104 cm³/mol. The molecule has 5 nitrogen and oxygen atoms in total. The van der Waals surface area contributed by atoms with Crippen molar-refractivity contribution < 1.29 is 13.9 Å². The summed E-state index contributed by atoms with van der Waals surface area (Å²) >= 11 is 1.59. The molecule has 0 fully saturated rings. The van der Waals surface area contributed by atoms with Gasteiger partial charge in [-0.05, 0) is 35.9 Å². The van der Waals surface area contributed by atoms with E-state index in [2.05, 4.69) is 10.3 Å². The molecular weight excluding hydrogens is 360 g/mol. The molecule has 27 heavy (non-hydrogen) atoms. The third kappa shape index (κ3) is 3.08. The number of carbonyl (C=O) groups is 1. The summed E-state index contributed by atoms with van der Waals surface area (Å²) in [4.78, 5) is 17.0. The molecule has 0 saturated heterocycles. The number of furan rings is 1. The van der Waals surface area contributed by atoms with Crippen LogP contribution in [0.1, 0.15) is 11.3 Å². The lowest BCUT2D eigenvalue weighted by Crippen LogP contribution is -2.36. The summed E-state index contributed by atoms with van der Waals surface area (Å²) in [6.07, 6.45) is 0.109. The van der Waals surface area contributed by atoms with Crippen LogP contribution < -0.4 is 10.1 Å². The molecule has 0 spiro atoms. The van der Waals surface area contributed by atoms with Gasteiger partial charge in [-0.15, -0.1) is 11.3 Å². The standard InChI is InChI=1S/C21H16N2O3S/c24-20(18-11-13-5-1-3-7-16(13)26-18)22-12-14-9-10-17(25-14)21-23-15-6-2-4-8-19(15)27-21/h1-10,18H,11-12H2,(H,22,24). The van der Waals surface area contributed by atoms with Gasteiger partial charge in [0.15, 0.2) is 16.9 Å². The predicted octanol–water partition coefficient (Wildman–Crippen LogP) is 4.18. The van der Waals surface area contributed by atoms with Crippen LogP contribution in [0.2, 0.25) is 0 Å².